The zero-order valence-electron chi connectivity index (χ0n) is 12.6. The maximum atomic E-state index is 4.70. The maximum Gasteiger partial charge on any atom is 0.123 e. The smallest absolute Gasteiger partial charge is 0.123 e. The molecule has 4 rings (SSSR count). The molecule has 2 heterocycles. The second-order valence-corrected chi connectivity index (χ2v) is 7.09. The molecule has 0 bridgehead atoms. The Balaban J connectivity index is 1.52. The Kier molecular flexibility index (Phi) is 4.23. The number of benzene rings is 2. The first kappa shape index (κ1) is 15.2. The standard InChI is InChI=1S/C18H13BrN4S/c19-15-8-6-14(7-9-15)18-20-16(12-24-18)10-23-11-17(21-22-23)13-4-2-1-3-5-13/h1-9,11-12H,10H2. The number of halogens is 1. The van der Waals surface area contributed by atoms with Crippen LogP contribution in [0.25, 0.3) is 21.8 Å². The Morgan fingerprint density at radius 1 is 0.958 bits per heavy atom. The zero-order valence-corrected chi connectivity index (χ0v) is 15.0. The van der Waals surface area contributed by atoms with Crippen LogP contribution in [0.5, 0.6) is 0 Å². The van der Waals surface area contributed by atoms with Gasteiger partial charge in [0.15, 0.2) is 0 Å². The summed E-state index contributed by atoms with van der Waals surface area (Å²) in [4.78, 5) is 4.70. The van der Waals surface area contributed by atoms with Gasteiger partial charge >= 0.3 is 0 Å². The van der Waals surface area contributed by atoms with Crippen LogP contribution in [0.2, 0.25) is 0 Å². The Labute approximate surface area is 151 Å². The average Bonchev–Trinajstić information content (AvgIpc) is 3.27. The van der Waals surface area contributed by atoms with E-state index in [-0.39, 0.29) is 0 Å². The fraction of sp³-hybridized carbons (Fsp3) is 0.0556. The normalized spacial score (nSPS) is 10.9. The van der Waals surface area contributed by atoms with Gasteiger partial charge in [0.25, 0.3) is 0 Å². The van der Waals surface area contributed by atoms with Crippen LogP contribution in [0, 0.1) is 0 Å². The lowest BCUT2D eigenvalue weighted by molar-refractivity contribution is 0.641. The molecule has 0 amide bonds. The quantitative estimate of drug-likeness (QED) is 0.493. The van der Waals surface area contributed by atoms with Crippen molar-refractivity contribution in [2.45, 2.75) is 6.54 Å². The van der Waals surface area contributed by atoms with Crippen LogP contribution >= 0.6 is 27.3 Å². The van der Waals surface area contributed by atoms with Crippen LogP contribution in [0.1, 0.15) is 5.69 Å². The van der Waals surface area contributed by atoms with Crippen molar-refractivity contribution in [2.24, 2.45) is 0 Å². The molecule has 0 atom stereocenters. The van der Waals surface area contributed by atoms with Gasteiger partial charge in [0.1, 0.15) is 10.7 Å². The van der Waals surface area contributed by atoms with Crippen LogP contribution in [-0.2, 0) is 6.54 Å². The lowest BCUT2D eigenvalue weighted by Crippen LogP contribution is -2.00. The van der Waals surface area contributed by atoms with Crippen LogP contribution in [0.3, 0.4) is 0 Å². The summed E-state index contributed by atoms with van der Waals surface area (Å²) in [6, 6.07) is 18.2. The summed E-state index contributed by atoms with van der Waals surface area (Å²) in [6.07, 6.45) is 1.95. The first-order valence-electron chi connectivity index (χ1n) is 7.44. The Bertz CT molecular complexity index is 945. The van der Waals surface area contributed by atoms with Crippen molar-refractivity contribution in [3.8, 4) is 21.8 Å². The predicted octanol–water partition coefficient (Wildman–Crippen LogP) is 4.88. The second-order valence-electron chi connectivity index (χ2n) is 5.32. The van der Waals surface area contributed by atoms with E-state index in [1.54, 1.807) is 11.3 Å². The molecule has 2 aromatic heterocycles. The molecule has 0 fully saturated rings. The molecule has 0 saturated heterocycles. The van der Waals surface area contributed by atoms with Gasteiger partial charge < -0.3 is 0 Å². The number of aromatic nitrogens is 4. The summed E-state index contributed by atoms with van der Waals surface area (Å²) < 4.78 is 2.89. The third-order valence-electron chi connectivity index (χ3n) is 3.58. The van der Waals surface area contributed by atoms with E-state index in [1.165, 1.54) is 0 Å². The Hall–Kier alpha value is -2.31. The Morgan fingerprint density at radius 3 is 2.54 bits per heavy atom. The molecule has 0 aliphatic heterocycles. The highest BCUT2D eigenvalue weighted by Gasteiger charge is 2.08. The highest BCUT2D eigenvalue weighted by molar-refractivity contribution is 9.10. The predicted molar refractivity (Wildman–Crippen MR) is 99.8 cm³/mol. The van der Waals surface area contributed by atoms with E-state index in [1.807, 2.05) is 53.3 Å². The largest absolute Gasteiger partial charge is 0.246 e. The van der Waals surface area contributed by atoms with Crippen molar-refractivity contribution in [2.75, 3.05) is 0 Å². The summed E-state index contributed by atoms with van der Waals surface area (Å²) in [6.45, 7) is 0.618. The first-order valence-corrected chi connectivity index (χ1v) is 9.11. The highest BCUT2D eigenvalue weighted by atomic mass is 79.9. The topological polar surface area (TPSA) is 43.6 Å². The third-order valence-corrected chi connectivity index (χ3v) is 5.04. The van der Waals surface area contributed by atoms with Crippen LogP contribution in [-0.4, -0.2) is 20.0 Å². The van der Waals surface area contributed by atoms with E-state index in [9.17, 15) is 0 Å². The molecular weight excluding hydrogens is 384 g/mol. The minimum Gasteiger partial charge on any atom is -0.246 e. The van der Waals surface area contributed by atoms with E-state index >= 15 is 0 Å². The third kappa shape index (κ3) is 3.29. The van der Waals surface area contributed by atoms with Crippen LogP contribution in [0.4, 0.5) is 0 Å². The summed E-state index contributed by atoms with van der Waals surface area (Å²) in [5.41, 5.74) is 4.05. The van der Waals surface area contributed by atoms with Crippen molar-refractivity contribution in [1.29, 1.82) is 0 Å². The number of thiazole rings is 1. The van der Waals surface area contributed by atoms with Gasteiger partial charge in [0, 0.05) is 21.0 Å². The molecule has 6 heteroatoms. The highest BCUT2D eigenvalue weighted by Crippen LogP contribution is 2.25. The summed E-state index contributed by atoms with van der Waals surface area (Å²) in [5.74, 6) is 0. The van der Waals surface area contributed by atoms with E-state index in [4.69, 9.17) is 4.98 Å². The van der Waals surface area contributed by atoms with Gasteiger partial charge in [-0.2, -0.15) is 0 Å². The second kappa shape index (κ2) is 6.67. The van der Waals surface area contributed by atoms with Gasteiger partial charge in [-0.1, -0.05) is 63.6 Å². The van der Waals surface area contributed by atoms with Crippen molar-refractivity contribution >= 4 is 27.3 Å². The van der Waals surface area contributed by atoms with Gasteiger partial charge in [-0.05, 0) is 12.1 Å². The Morgan fingerprint density at radius 2 is 1.75 bits per heavy atom. The maximum absolute atomic E-state index is 4.70. The molecule has 24 heavy (non-hydrogen) atoms. The minimum atomic E-state index is 0.618. The number of nitrogens with zero attached hydrogens (tertiary/aromatic N) is 4. The van der Waals surface area contributed by atoms with Crippen molar-refractivity contribution < 1.29 is 0 Å². The van der Waals surface area contributed by atoms with E-state index in [0.29, 0.717) is 6.54 Å². The fourth-order valence-electron chi connectivity index (χ4n) is 2.39. The molecule has 4 nitrogen and oxygen atoms in total. The number of hydrogen-bond acceptors (Lipinski definition) is 4. The molecular formula is C18H13BrN4S. The summed E-state index contributed by atoms with van der Waals surface area (Å²) in [7, 11) is 0. The molecule has 0 radical (unpaired) electrons. The SMILES string of the molecule is Brc1ccc(-c2nc(Cn3cc(-c4ccccc4)nn3)cs2)cc1. The molecule has 0 aliphatic rings. The molecule has 118 valence electrons. The van der Waals surface area contributed by atoms with Gasteiger partial charge in [0.2, 0.25) is 0 Å². The van der Waals surface area contributed by atoms with Gasteiger partial charge in [-0.15, -0.1) is 16.4 Å². The molecule has 2 aromatic carbocycles. The molecule has 0 unspecified atom stereocenters. The molecule has 0 aliphatic carbocycles. The zero-order chi connectivity index (χ0) is 16.4. The molecule has 0 N–H and O–H groups in total. The molecule has 0 saturated carbocycles. The fourth-order valence-corrected chi connectivity index (χ4v) is 3.47. The summed E-state index contributed by atoms with van der Waals surface area (Å²) >= 11 is 5.10. The van der Waals surface area contributed by atoms with E-state index in [0.717, 1.165) is 32.0 Å². The molecule has 0 spiro atoms. The van der Waals surface area contributed by atoms with Crippen molar-refractivity contribution in [3.05, 3.63) is 76.3 Å². The summed E-state index contributed by atoms with van der Waals surface area (Å²) in [5, 5.41) is 11.5. The average molecular weight is 397 g/mol. The van der Waals surface area contributed by atoms with Crippen molar-refractivity contribution in [1.82, 2.24) is 20.0 Å². The van der Waals surface area contributed by atoms with Crippen LogP contribution in [0.15, 0.2) is 70.6 Å². The van der Waals surface area contributed by atoms with Gasteiger partial charge in [0.05, 0.1) is 18.4 Å². The van der Waals surface area contributed by atoms with Gasteiger partial charge in [-0.3, -0.25) is 0 Å². The number of hydrogen-bond donors (Lipinski definition) is 0. The lowest BCUT2D eigenvalue weighted by atomic mass is 10.2. The van der Waals surface area contributed by atoms with Crippen molar-refractivity contribution in [3.63, 3.8) is 0 Å². The van der Waals surface area contributed by atoms with E-state index < -0.39 is 0 Å². The monoisotopic (exact) mass is 396 g/mol. The van der Waals surface area contributed by atoms with E-state index in [2.05, 4.69) is 43.8 Å². The van der Waals surface area contributed by atoms with Crippen LogP contribution < -0.4 is 0 Å². The number of rotatable bonds is 4. The minimum absolute atomic E-state index is 0.618. The lowest BCUT2D eigenvalue weighted by Gasteiger charge is -1.97. The molecule has 4 aromatic rings. The first-order chi connectivity index (χ1) is 11.8. The van der Waals surface area contributed by atoms with Gasteiger partial charge in [-0.25, -0.2) is 9.67 Å².